The molecule has 0 aromatic heterocycles. The van der Waals surface area contributed by atoms with Gasteiger partial charge in [-0.1, -0.05) is 38.1 Å². The zero-order chi connectivity index (χ0) is 20.9. The third-order valence-electron chi connectivity index (χ3n) is 4.51. The minimum atomic E-state index is -0.395. The van der Waals surface area contributed by atoms with Gasteiger partial charge in [0.25, 0.3) is 5.69 Å². The van der Waals surface area contributed by atoms with Crippen LogP contribution in [-0.2, 0) is 6.54 Å². The molecule has 164 valence electrons. The molecule has 0 aliphatic carbocycles. The molecule has 8 heteroatoms. The van der Waals surface area contributed by atoms with Crippen molar-refractivity contribution in [3.63, 3.8) is 0 Å². The van der Waals surface area contributed by atoms with Crippen molar-refractivity contribution >= 4 is 35.6 Å². The van der Waals surface area contributed by atoms with Gasteiger partial charge >= 0.3 is 0 Å². The minimum absolute atomic E-state index is 0. The van der Waals surface area contributed by atoms with Crippen molar-refractivity contribution in [2.75, 3.05) is 26.2 Å². The molecule has 1 aromatic carbocycles. The molecule has 0 saturated heterocycles. The zero-order valence-corrected chi connectivity index (χ0v) is 20.4. The number of hydrogen-bond acceptors (Lipinski definition) is 4. The van der Waals surface area contributed by atoms with Crippen molar-refractivity contribution in [1.82, 2.24) is 15.5 Å². The van der Waals surface area contributed by atoms with Crippen molar-refractivity contribution in [3.8, 4) is 0 Å². The van der Waals surface area contributed by atoms with Crippen LogP contribution in [0.5, 0.6) is 0 Å². The second-order valence-corrected chi connectivity index (χ2v) is 7.11. The Hall–Kier alpha value is -1.68. The normalized spacial score (nSPS) is 12.2. The van der Waals surface area contributed by atoms with E-state index in [4.69, 9.17) is 0 Å². The maximum Gasteiger partial charge on any atom is 0.269 e. The van der Waals surface area contributed by atoms with Crippen LogP contribution in [0.1, 0.15) is 46.1 Å². The number of aliphatic imine (C=N–C) groups is 1. The summed E-state index contributed by atoms with van der Waals surface area (Å²) in [6.45, 7) is 16.8. The van der Waals surface area contributed by atoms with Crippen LogP contribution in [-0.4, -0.2) is 48.0 Å². The molecule has 0 aliphatic rings. The topological polar surface area (TPSA) is 82.8 Å². The molecule has 0 aliphatic heterocycles. The summed E-state index contributed by atoms with van der Waals surface area (Å²) in [4.78, 5) is 17.4. The van der Waals surface area contributed by atoms with Crippen molar-refractivity contribution < 1.29 is 4.92 Å². The minimum Gasteiger partial charge on any atom is -0.354 e. The summed E-state index contributed by atoms with van der Waals surface area (Å²) in [5, 5.41) is 17.5. The molecular weight excluding hydrogens is 481 g/mol. The third-order valence-corrected chi connectivity index (χ3v) is 4.51. The van der Waals surface area contributed by atoms with Crippen molar-refractivity contribution in [2.24, 2.45) is 4.99 Å². The van der Waals surface area contributed by atoms with Gasteiger partial charge in [0.1, 0.15) is 0 Å². The Bertz CT molecular complexity index is 645. The highest BCUT2D eigenvalue weighted by Crippen LogP contribution is 2.12. The molecule has 0 fully saturated rings. The van der Waals surface area contributed by atoms with Gasteiger partial charge < -0.3 is 15.5 Å². The largest absolute Gasteiger partial charge is 0.354 e. The Morgan fingerprint density at radius 3 is 2.41 bits per heavy atom. The third kappa shape index (κ3) is 11.8. The SMILES string of the molecule is C=C(C)CNC(=NCc1ccc([N+](=O)[O-])cc1)NC(C)CCCN(CC)CC.I. The van der Waals surface area contributed by atoms with Crippen LogP contribution in [0.15, 0.2) is 41.4 Å². The monoisotopic (exact) mass is 517 g/mol. The highest BCUT2D eigenvalue weighted by atomic mass is 127. The fourth-order valence-electron chi connectivity index (χ4n) is 2.75. The number of nitrogens with zero attached hydrogens (tertiary/aromatic N) is 3. The fourth-order valence-corrected chi connectivity index (χ4v) is 2.75. The highest BCUT2D eigenvalue weighted by molar-refractivity contribution is 14.0. The Morgan fingerprint density at radius 2 is 1.90 bits per heavy atom. The van der Waals surface area contributed by atoms with E-state index in [9.17, 15) is 10.1 Å². The van der Waals surface area contributed by atoms with Gasteiger partial charge in [-0.2, -0.15) is 0 Å². The molecule has 0 spiro atoms. The Kier molecular flexibility index (Phi) is 14.3. The van der Waals surface area contributed by atoms with E-state index in [0.717, 1.165) is 49.6 Å². The molecule has 0 bridgehead atoms. The van der Waals surface area contributed by atoms with Gasteiger partial charge in [-0.15, -0.1) is 24.0 Å². The van der Waals surface area contributed by atoms with Crippen molar-refractivity contribution in [2.45, 2.75) is 53.1 Å². The predicted molar refractivity (Wildman–Crippen MR) is 132 cm³/mol. The number of nitro groups is 1. The fraction of sp³-hybridized carbons (Fsp3) is 0.571. The number of halogens is 1. The van der Waals surface area contributed by atoms with E-state index in [2.05, 4.69) is 47.9 Å². The van der Waals surface area contributed by atoms with E-state index >= 15 is 0 Å². The van der Waals surface area contributed by atoms with E-state index in [-0.39, 0.29) is 29.7 Å². The molecular formula is C21H36IN5O2. The number of guanidine groups is 1. The molecule has 0 radical (unpaired) electrons. The van der Waals surface area contributed by atoms with Crippen LogP contribution in [0.4, 0.5) is 5.69 Å². The number of benzene rings is 1. The molecule has 1 atom stereocenters. The number of non-ortho nitro benzene ring substituents is 1. The lowest BCUT2D eigenvalue weighted by Crippen LogP contribution is -2.43. The summed E-state index contributed by atoms with van der Waals surface area (Å²) in [5.41, 5.74) is 2.04. The number of nitro benzene ring substituents is 1. The number of rotatable bonds is 12. The van der Waals surface area contributed by atoms with E-state index in [0.29, 0.717) is 19.1 Å². The molecule has 1 aromatic rings. The molecule has 0 amide bonds. The zero-order valence-electron chi connectivity index (χ0n) is 18.1. The van der Waals surface area contributed by atoms with Gasteiger partial charge in [-0.25, -0.2) is 4.99 Å². The Balaban J connectivity index is 0.00000784. The quantitative estimate of drug-likeness (QED) is 0.108. The van der Waals surface area contributed by atoms with E-state index in [1.54, 1.807) is 12.1 Å². The molecule has 1 rings (SSSR count). The lowest BCUT2D eigenvalue weighted by molar-refractivity contribution is -0.384. The van der Waals surface area contributed by atoms with Crippen molar-refractivity contribution in [1.29, 1.82) is 0 Å². The van der Waals surface area contributed by atoms with Crippen molar-refractivity contribution in [3.05, 3.63) is 52.1 Å². The van der Waals surface area contributed by atoms with Crippen LogP contribution >= 0.6 is 24.0 Å². The Morgan fingerprint density at radius 1 is 1.28 bits per heavy atom. The van der Waals surface area contributed by atoms with Crippen LogP contribution < -0.4 is 10.6 Å². The van der Waals surface area contributed by atoms with E-state index < -0.39 is 4.92 Å². The summed E-state index contributed by atoms with van der Waals surface area (Å²) in [5.74, 6) is 0.733. The first-order valence-electron chi connectivity index (χ1n) is 10.0. The highest BCUT2D eigenvalue weighted by Gasteiger charge is 2.08. The van der Waals surface area contributed by atoms with Crippen LogP contribution in [0.3, 0.4) is 0 Å². The molecule has 0 saturated carbocycles. The van der Waals surface area contributed by atoms with E-state index in [1.165, 1.54) is 12.1 Å². The molecule has 7 nitrogen and oxygen atoms in total. The number of hydrogen-bond donors (Lipinski definition) is 2. The van der Waals surface area contributed by atoms with Gasteiger partial charge in [-0.3, -0.25) is 10.1 Å². The predicted octanol–water partition coefficient (Wildman–Crippen LogP) is 4.33. The summed E-state index contributed by atoms with van der Waals surface area (Å²) < 4.78 is 0. The van der Waals surface area contributed by atoms with Crippen LogP contribution in [0.25, 0.3) is 0 Å². The average molecular weight is 517 g/mol. The lowest BCUT2D eigenvalue weighted by atomic mass is 10.2. The van der Waals surface area contributed by atoms with E-state index in [1.807, 2.05) is 6.92 Å². The standard InChI is InChI=1S/C21H35N5O2.HI/c1-6-25(7-2)14-8-9-18(5)24-21(22-15-17(3)4)23-16-19-10-12-20(13-11-19)26(27)28;/h10-13,18H,3,6-9,14-16H2,1-2,4-5H3,(H2,22,23,24);1H. The average Bonchev–Trinajstić information content (AvgIpc) is 2.67. The summed E-state index contributed by atoms with van der Waals surface area (Å²) in [6, 6.07) is 6.80. The van der Waals surface area contributed by atoms with Crippen LogP contribution in [0, 0.1) is 10.1 Å². The maximum absolute atomic E-state index is 10.8. The smallest absolute Gasteiger partial charge is 0.269 e. The Labute approximate surface area is 192 Å². The summed E-state index contributed by atoms with van der Waals surface area (Å²) in [7, 11) is 0. The lowest BCUT2D eigenvalue weighted by Gasteiger charge is -2.21. The molecule has 1 unspecified atom stereocenters. The first-order chi connectivity index (χ1) is 13.3. The second-order valence-electron chi connectivity index (χ2n) is 7.11. The molecule has 0 heterocycles. The first kappa shape index (κ1) is 27.3. The van der Waals surface area contributed by atoms with Gasteiger partial charge in [0.15, 0.2) is 5.96 Å². The first-order valence-corrected chi connectivity index (χ1v) is 10.0. The van der Waals surface area contributed by atoms with Gasteiger partial charge in [-0.05, 0) is 51.9 Å². The van der Waals surface area contributed by atoms with Gasteiger partial charge in [0.2, 0.25) is 0 Å². The second kappa shape index (κ2) is 15.2. The molecule has 29 heavy (non-hydrogen) atoms. The van der Waals surface area contributed by atoms with Crippen LogP contribution in [0.2, 0.25) is 0 Å². The summed E-state index contributed by atoms with van der Waals surface area (Å²) >= 11 is 0. The maximum atomic E-state index is 10.8. The number of nitrogens with one attached hydrogen (secondary N) is 2. The van der Waals surface area contributed by atoms with Gasteiger partial charge in [0, 0.05) is 24.7 Å². The summed E-state index contributed by atoms with van der Waals surface area (Å²) in [6.07, 6.45) is 2.19. The van der Waals surface area contributed by atoms with Gasteiger partial charge in [0.05, 0.1) is 11.5 Å². The molecule has 2 N–H and O–H groups in total.